The minimum absolute atomic E-state index is 0.288. The first-order chi connectivity index (χ1) is 14.1. The number of carbonyl (C=O) groups excluding carboxylic acids is 2. The van der Waals surface area contributed by atoms with Gasteiger partial charge in [-0.2, -0.15) is 0 Å². The maximum atomic E-state index is 12.6. The van der Waals surface area contributed by atoms with Gasteiger partial charge in [-0.1, -0.05) is 58.1 Å². The Bertz CT molecular complexity index is 661. The van der Waals surface area contributed by atoms with Crippen LogP contribution in [0.4, 0.5) is 0 Å². The quantitative estimate of drug-likeness (QED) is 0.202. The van der Waals surface area contributed by atoms with Gasteiger partial charge in [0, 0.05) is 6.08 Å². The van der Waals surface area contributed by atoms with Gasteiger partial charge in [0.15, 0.2) is 0 Å². The lowest BCUT2D eigenvalue weighted by Gasteiger charge is -2.14. The first kappa shape index (κ1) is 24.9. The lowest BCUT2D eigenvalue weighted by Crippen LogP contribution is -2.09. The summed E-state index contributed by atoms with van der Waals surface area (Å²) in [6.07, 6.45) is 11.0. The lowest BCUT2D eigenvalue weighted by molar-refractivity contribution is -0.137. The number of rotatable bonds is 14. The van der Waals surface area contributed by atoms with Crippen molar-refractivity contribution in [2.45, 2.75) is 85.5 Å². The van der Waals surface area contributed by atoms with Gasteiger partial charge in [0.05, 0.1) is 18.8 Å². The number of benzene rings is 1. The van der Waals surface area contributed by atoms with Crippen LogP contribution in [0, 0.1) is 0 Å². The fourth-order valence-electron chi connectivity index (χ4n) is 3.33. The average Bonchev–Trinajstić information content (AvgIpc) is 2.71. The van der Waals surface area contributed by atoms with Crippen LogP contribution < -0.4 is 0 Å². The minimum atomic E-state index is -0.333. The molecule has 29 heavy (non-hydrogen) atoms. The highest BCUT2D eigenvalue weighted by molar-refractivity contribution is 5.95. The molecule has 4 nitrogen and oxygen atoms in total. The number of allylic oxidation sites excluding steroid dienone is 1. The van der Waals surface area contributed by atoms with E-state index in [4.69, 9.17) is 9.47 Å². The van der Waals surface area contributed by atoms with Crippen molar-refractivity contribution in [2.24, 2.45) is 0 Å². The van der Waals surface area contributed by atoms with E-state index >= 15 is 0 Å². The summed E-state index contributed by atoms with van der Waals surface area (Å²) in [7, 11) is 0. The summed E-state index contributed by atoms with van der Waals surface area (Å²) in [6.45, 7) is 8.66. The number of ether oxygens (including phenoxy) is 2. The second-order valence-corrected chi connectivity index (χ2v) is 7.28. The zero-order valence-electron chi connectivity index (χ0n) is 18.7. The summed E-state index contributed by atoms with van der Waals surface area (Å²) in [6, 6.07) is 5.94. The van der Waals surface area contributed by atoms with Crippen LogP contribution in [0.25, 0.3) is 5.57 Å². The molecule has 162 valence electrons. The molecule has 0 aliphatic heterocycles. The van der Waals surface area contributed by atoms with Gasteiger partial charge in [-0.05, 0) is 62.3 Å². The van der Waals surface area contributed by atoms with Crippen LogP contribution in [-0.2, 0) is 20.7 Å². The van der Waals surface area contributed by atoms with Crippen LogP contribution in [0.1, 0.15) is 101 Å². The molecule has 1 aromatic rings. The van der Waals surface area contributed by atoms with Crippen LogP contribution in [0.2, 0.25) is 0 Å². The number of hydrogen-bond acceptors (Lipinski definition) is 4. The van der Waals surface area contributed by atoms with E-state index in [1.807, 2.05) is 25.1 Å². The van der Waals surface area contributed by atoms with Crippen molar-refractivity contribution in [2.75, 3.05) is 13.2 Å². The second-order valence-electron chi connectivity index (χ2n) is 7.28. The molecular weight excluding hydrogens is 364 g/mol. The van der Waals surface area contributed by atoms with Gasteiger partial charge in [0.1, 0.15) is 0 Å². The Morgan fingerprint density at radius 1 is 0.862 bits per heavy atom. The summed E-state index contributed by atoms with van der Waals surface area (Å²) < 4.78 is 10.4. The van der Waals surface area contributed by atoms with E-state index in [0.717, 1.165) is 61.6 Å². The molecule has 0 spiro atoms. The van der Waals surface area contributed by atoms with E-state index in [1.165, 1.54) is 12.8 Å². The Balaban J connectivity index is 3.18. The molecule has 0 aliphatic rings. The predicted molar refractivity (Wildman–Crippen MR) is 119 cm³/mol. The highest BCUT2D eigenvalue weighted by atomic mass is 16.5. The van der Waals surface area contributed by atoms with Gasteiger partial charge in [-0.3, -0.25) is 0 Å². The van der Waals surface area contributed by atoms with Crippen molar-refractivity contribution in [3.05, 3.63) is 41.0 Å². The molecule has 1 rings (SSSR count). The molecule has 0 fully saturated rings. The predicted octanol–water partition coefficient (Wildman–Crippen LogP) is 6.51. The molecule has 0 bridgehead atoms. The van der Waals surface area contributed by atoms with E-state index in [0.29, 0.717) is 18.8 Å². The van der Waals surface area contributed by atoms with E-state index in [9.17, 15) is 9.59 Å². The molecule has 1 aromatic carbocycles. The number of esters is 2. The maximum absolute atomic E-state index is 12.6. The lowest BCUT2D eigenvalue weighted by atomic mass is 9.93. The third-order valence-electron chi connectivity index (χ3n) is 4.90. The van der Waals surface area contributed by atoms with Gasteiger partial charge in [0.25, 0.3) is 0 Å². The average molecular weight is 403 g/mol. The fraction of sp³-hybridized carbons (Fsp3) is 0.600. The highest BCUT2D eigenvalue weighted by Crippen LogP contribution is 2.26. The zero-order chi connectivity index (χ0) is 21.5. The molecule has 0 atom stereocenters. The summed E-state index contributed by atoms with van der Waals surface area (Å²) >= 11 is 0. The van der Waals surface area contributed by atoms with Gasteiger partial charge in [0.2, 0.25) is 0 Å². The summed E-state index contributed by atoms with van der Waals surface area (Å²) in [4.78, 5) is 24.6. The van der Waals surface area contributed by atoms with E-state index in [2.05, 4.69) is 13.8 Å². The number of unbranched alkanes of at least 4 members (excludes halogenated alkanes) is 5. The van der Waals surface area contributed by atoms with Crippen molar-refractivity contribution >= 4 is 17.5 Å². The van der Waals surface area contributed by atoms with E-state index < -0.39 is 0 Å². The third-order valence-corrected chi connectivity index (χ3v) is 4.90. The molecule has 0 aliphatic carbocycles. The van der Waals surface area contributed by atoms with Gasteiger partial charge < -0.3 is 9.47 Å². The third kappa shape index (κ3) is 9.29. The maximum Gasteiger partial charge on any atom is 0.338 e. The van der Waals surface area contributed by atoms with E-state index in [1.54, 1.807) is 13.0 Å². The largest absolute Gasteiger partial charge is 0.463 e. The van der Waals surface area contributed by atoms with Gasteiger partial charge in [-0.25, -0.2) is 9.59 Å². The molecule has 0 amide bonds. The SMILES string of the molecule is CCCCCCc1ccc(/C(=C\C(=O)OCC)CCCCC)cc1C(=O)OCC. The van der Waals surface area contributed by atoms with Crippen LogP contribution in [-0.4, -0.2) is 25.2 Å². The Labute approximate surface area is 176 Å². The second kappa shape index (κ2) is 14.8. The number of hydrogen-bond donors (Lipinski definition) is 0. The molecular formula is C25H38O4. The van der Waals surface area contributed by atoms with Crippen molar-refractivity contribution in [3.63, 3.8) is 0 Å². The molecule has 0 unspecified atom stereocenters. The molecule has 4 heteroatoms. The van der Waals surface area contributed by atoms with Crippen LogP contribution in [0.5, 0.6) is 0 Å². The van der Waals surface area contributed by atoms with Gasteiger partial charge in [-0.15, -0.1) is 0 Å². The Morgan fingerprint density at radius 2 is 1.55 bits per heavy atom. The molecule has 0 radical (unpaired) electrons. The topological polar surface area (TPSA) is 52.6 Å². The van der Waals surface area contributed by atoms with Crippen LogP contribution in [0.15, 0.2) is 24.3 Å². The van der Waals surface area contributed by atoms with Crippen molar-refractivity contribution < 1.29 is 19.1 Å². The molecule has 0 aromatic heterocycles. The molecule has 0 saturated carbocycles. The molecule has 0 heterocycles. The Morgan fingerprint density at radius 3 is 2.21 bits per heavy atom. The Hall–Kier alpha value is -2.10. The van der Waals surface area contributed by atoms with Crippen molar-refractivity contribution in [3.8, 4) is 0 Å². The van der Waals surface area contributed by atoms with E-state index in [-0.39, 0.29) is 11.9 Å². The van der Waals surface area contributed by atoms with Crippen LogP contribution >= 0.6 is 0 Å². The smallest absolute Gasteiger partial charge is 0.338 e. The highest BCUT2D eigenvalue weighted by Gasteiger charge is 2.15. The standard InChI is InChI=1S/C25H38O4/c1-5-9-11-13-14-20-16-17-22(18-23(20)25(27)29-8-4)21(15-12-10-6-2)19-24(26)28-7-3/h16-19H,5-15H2,1-4H3/b21-19-. The zero-order valence-corrected chi connectivity index (χ0v) is 18.7. The van der Waals surface area contributed by atoms with Crippen molar-refractivity contribution in [1.82, 2.24) is 0 Å². The molecule has 0 saturated heterocycles. The molecule has 0 N–H and O–H groups in total. The number of aryl methyl sites for hydroxylation is 1. The summed E-state index contributed by atoms with van der Waals surface area (Å²) in [5.41, 5.74) is 3.45. The Kier molecular flexibility index (Phi) is 12.8. The van der Waals surface area contributed by atoms with Crippen molar-refractivity contribution in [1.29, 1.82) is 0 Å². The normalized spacial score (nSPS) is 11.4. The minimum Gasteiger partial charge on any atom is -0.463 e. The number of carbonyl (C=O) groups is 2. The summed E-state index contributed by atoms with van der Waals surface area (Å²) in [5, 5.41) is 0. The summed E-state index contributed by atoms with van der Waals surface area (Å²) in [5.74, 6) is -0.621. The van der Waals surface area contributed by atoms with Crippen LogP contribution in [0.3, 0.4) is 0 Å². The first-order valence-electron chi connectivity index (χ1n) is 11.2. The van der Waals surface area contributed by atoms with Gasteiger partial charge >= 0.3 is 11.9 Å². The fourth-order valence-corrected chi connectivity index (χ4v) is 3.33. The first-order valence-corrected chi connectivity index (χ1v) is 11.2. The monoisotopic (exact) mass is 402 g/mol.